The first kappa shape index (κ1) is 43.7. The van der Waals surface area contributed by atoms with E-state index in [4.69, 9.17) is 14.7 Å². The number of hydrogen-bond donors (Lipinski definition) is 0. The van der Waals surface area contributed by atoms with Gasteiger partial charge >= 0.3 is 0 Å². The molecule has 0 saturated heterocycles. The van der Waals surface area contributed by atoms with E-state index in [1.165, 1.54) is 10.8 Å². The van der Waals surface area contributed by atoms with E-state index in [-0.39, 0.29) is 0 Å². The maximum Gasteiger partial charge on any atom is 0.160 e. The molecule has 0 atom stereocenters. The van der Waals surface area contributed by atoms with Crippen LogP contribution in [0.25, 0.3) is 106 Å². The Morgan fingerprint density at radius 3 is 1.53 bits per heavy atom. The Balaban J connectivity index is 1.05. The van der Waals surface area contributed by atoms with E-state index in [1.807, 2.05) is 36.4 Å². The molecule has 0 amide bonds. The molecule has 5 nitrogen and oxygen atoms in total. The predicted molar refractivity (Wildman–Crippen MR) is 309 cm³/mol. The third-order valence-electron chi connectivity index (χ3n) is 14.4. The lowest BCUT2D eigenvalue weighted by Gasteiger charge is -2.27. The summed E-state index contributed by atoms with van der Waals surface area (Å²) in [4.78, 5) is 12.9. The Hall–Kier alpha value is -10.1. The van der Waals surface area contributed by atoms with Gasteiger partial charge in [0.25, 0.3) is 0 Å². The average Bonchev–Trinajstić information content (AvgIpc) is 3.88. The van der Waals surface area contributed by atoms with Crippen molar-refractivity contribution >= 4 is 38.9 Å². The fraction of sp³-hybridized carbons (Fsp3) is 0. The van der Waals surface area contributed by atoms with Gasteiger partial charge in [-0.1, -0.05) is 182 Å². The Morgan fingerprint density at radius 2 is 0.800 bits per heavy atom. The molecule has 0 radical (unpaired) electrons. The molecule has 0 spiro atoms. The van der Waals surface area contributed by atoms with E-state index in [9.17, 15) is 0 Å². The Labute approximate surface area is 435 Å². The van der Waals surface area contributed by atoms with Crippen molar-refractivity contribution in [1.29, 1.82) is 0 Å². The molecule has 15 rings (SSSR count). The minimum atomic E-state index is 0.670. The van der Waals surface area contributed by atoms with Crippen LogP contribution in [0, 0.1) is 0 Å². The lowest BCUT2D eigenvalue weighted by Crippen LogP contribution is -2.10. The Morgan fingerprint density at radius 1 is 0.280 bits per heavy atom. The minimum Gasteiger partial charge on any atom is -0.457 e. The Kier molecular flexibility index (Phi) is 10.8. The summed E-state index contributed by atoms with van der Waals surface area (Å²) in [5.74, 6) is 2.22. The number of nitrogens with zero attached hydrogens (tertiary/aromatic N) is 4. The Bertz CT molecular complexity index is 4240. The van der Waals surface area contributed by atoms with Crippen LogP contribution in [-0.2, 0) is 0 Å². The number of anilines is 3. The molecule has 0 aliphatic carbocycles. The number of hydrogen-bond acceptors (Lipinski definition) is 4. The molecule has 0 N–H and O–H groups in total. The molecule has 75 heavy (non-hydrogen) atoms. The zero-order valence-corrected chi connectivity index (χ0v) is 40.8. The second kappa shape index (κ2) is 18.5. The second-order valence-electron chi connectivity index (χ2n) is 19.0. The number of aromatic nitrogens is 3. The third kappa shape index (κ3) is 8.10. The zero-order valence-electron chi connectivity index (χ0n) is 40.8. The fourth-order valence-electron chi connectivity index (χ4n) is 10.8. The van der Waals surface area contributed by atoms with Gasteiger partial charge in [-0.15, -0.1) is 0 Å². The second-order valence-corrected chi connectivity index (χ2v) is 19.0. The van der Waals surface area contributed by atoms with Crippen molar-refractivity contribution in [2.75, 3.05) is 4.90 Å². The van der Waals surface area contributed by atoms with Gasteiger partial charge in [-0.2, -0.15) is 0 Å². The van der Waals surface area contributed by atoms with E-state index >= 15 is 0 Å². The molecule has 4 heterocycles. The summed E-state index contributed by atoms with van der Waals surface area (Å²) in [7, 11) is 0. The van der Waals surface area contributed by atoms with E-state index < -0.39 is 0 Å². The summed E-state index contributed by atoms with van der Waals surface area (Å²) in [6.45, 7) is 0. The van der Waals surface area contributed by atoms with Crippen LogP contribution < -0.4 is 9.64 Å². The van der Waals surface area contributed by atoms with Gasteiger partial charge in [0.2, 0.25) is 0 Å². The quantitative estimate of drug-likeness (QED) is 0.172. The number of rotatable bonds is 5. The fourth-order valence-corrected chi connectivity index (χ4v) is 10.8. The topological polar surface area (TPSA) is 43.2 Å². The highest BCUT2D eigenvalue weighted by atomic mass is 16.5. The van der Waals surface area contributed by atoms with Gasteiger partial charge in [0.05, 0.1) is 22.4 Å². The maximum absolute atomic E-state index is 6.37. The highest BCUT2D eigenvalue weighted by Crippen LogP contribution is 2.47. The molecule has 0 unspecified atom stereocenters. The van der Waals surface area contributed by atoms with Crippen molar-refractivity contribution in [1.82, 2.24) is 14.5 Å². The zero-order chi connectivity index (χ0) is 49.7. The molecule has 12 bridgehead atoms. The van der Waals surface area contributed by atoms with Crippen LogP contribution in [0.4, 0.5) is 17.1 Å². The molecule has 2 aromatic heterocycles. The van der Waals surface area contributed by atoms with Crippen LogP contribution in [0.5, 0.6) is 11.5 Å². The average molecular weight is 959 g/mol. The standard InChI is InChI=1S/C70H46N4O/c1-4-17-48(18-5-1)65-46-66-49-35-33-47(34-36-49)50-19-14-21-52(41-50)64-44-58(45-68-69(64)63-31-12-13-32-67(63)74(68)55-24-6-2-7-25-55)73(56-37-39-60(40-38-56)75-59-27-8-3-9-28-59)57-26-16-22-53(43-57)62-30-11-10-29-61(62)51-20-15-23-54(42-51)70(71-65)72-66/h1-46H. The molecule has 5 heteroatoms. The molecule has 11 aromatic carbocycles. The smallest absolute Gasteiger partial charge is 0.160 e. The van der Waals surface area contributed by atoms with Crippen LogP contribution in [0.2, 0.25) is 0 Å². The number of fused-ring (bicyclic) bond motifs is 5. The number of para-hydroxylation sites is 3. The molecule has 0 fully saturated rings. The molecule has 13 aromatic rings. The summed E-state index contributed by atoms with van der Waals surface area (Å²) in [5, 5.41) is 2.37. The number of ether oxygens (including phenoxy) is 1. The minimum absolute atomic E-state index is 0.670. The van der Waals surface area contributed by atoms with Gasteiger partial charge in [0, 0.05) is 50.2 Å². The van der Waals surface area contributed by atoms with Crippen LogP contribution >= 0.6 is 0 Å². The molecule has 0 saturated carbocycles. The van der Waals surface area contributed by atoms with Crippen molar-refractivity contribution in [2.45, 2.75) is 0 Å². The van der Waals surface area contributed by atoms with E-state index in [0.717, 1.165) is 118 Å². The lowest BCUT2D eigenvalue weighted by molar-refractivity contribution is 0.483. The molecular formula is C70H46N4O. The SMILES string of the molecule is c1ccc(Oc2ccc(N3c4cccc(c4)-c4ccccc4-c4cccc(c4)-c4nc(-c5ccccc5)cc(n4)-c4ccc(cc4)-c4cccc(c4)-c4cc3cc3c4c4ccccc4n3-c3ccccc3)cc2)cc1. The highest BCUT2D eigenvalue weighted by molar-refractivity contribution is 6.17. The van der Waals surface area contributed by atoms with Gasteiger partial charge in [-0.05, 0) is 142 Å². The van der Waals surface area contributed by atoms with Crippen LogP contribution in [-0.4, -0.2) is 14.5 Å². The van der Waals surface area contributed by atoms with Crippen molar-refractivity contribution in [3.05, 3.63) is 279 Å². The number of benzene rings is 11. The molecule has 352 valence electrons. The first-order valence-corrected chi connectivity index (χ1v) is 25.4. The van der Waals surface area contributed by atoms with Crippen molar-refractivity contribution < 1.29 is 4.74 Å². The van der Waals surface area contributed by atoms with Crippen LogP contribution in [0.3, 0.4) is 0 Å². The summed E-state index contributed by atoms with van der Waals surface area (Å²) < 4.78 is 8.79. The monoisotopic (exact) mass is 958 g/mol. The summed E-state index contributed by atoms with van der Waals surface area (Å²) in [6.07, 6.45) is 0. The first-order valence-electron chi connectivity index (χ1n) is 25.4. The van der Waals surface area contributed by atoms with E-state index in [2.05, 4.69) is 252 Å². The maximum atomic E-state index is 6.37. The lowest BCUT2D eigenvalue weighted by atomic mass is 9.93. The predicted octanol–water partition coefficient (Wildman–Crippen LogP) is 18.8. The van der Waals surface area contributed by atoms with Gasteiger partial charge in [0.15, 0.2) is 5.82 Å². The summed E-state index contributed by atoms with van der Waals surface area (Å²) in [6, 6.07) is 99.3. The van der Waals surface area contributed by atoms with Crippen LogP contribution in [0.15, 0.2) is 279 Å². The third-order valence-corrected chi connectivity index (χ3v) is 14.4. The van der Waals surface area contributed by atoms with Gasteiger partial charge in [0.1, 0.15) is 11.5 Å². The van der Waals surface area contributed by atoms with Crippen molar-refractivity contribution in [2.24, 2.45) is 0 Å². The largest absolute Gasteiger partial charge is 0.457 e. The van der Waals surface area contributed by atoms with Crippen LogP contribution in [0.1, 0.15) is 0 Å². The molecule has 2 aliphatic rings. The van der Waals surface area contributed by atoms with E-state index in [0.29, 0.717) is 5.82 Å². The summed E-state index contributed by atoms with van der Waals surface area (Å²) in [5.41, 5.74) is 19.9. The molecular weight excluding hydrogens is 913 g/mol. The highest BCUT2D eigenvalue weighted by Gasteiger charge is 2.23. The van der Waals surface area contributed by atoms with Crippen molar-refractivity contribution in [3.63, 3.8) is 0 Å². The van der Waals surface area contributed by atoms with Gasteiger partial charge in [-0.25, -0.2) is 9.97 Å². The normalized spacial score (nSPS) is 11.7. The molecule has 2 aliphatic heterocycles. The van der Waals surface area contributed by atoms with Crippen molar-refractivity contribution in [3.8, 4) is 95.6 Å². The first-order chi connectivity index (χ1) is 37.1. The van der Waals surface area contributed by atoms with Gasteiger partial charge in [-0.3, -0.25) is 0 Å². The summed E-state index contributed by atoms with van der Waals surface area (Å²) >= 11 is 0. The van der Waals surface area contributed by atoms with Gasteiger partial charge < -0.3 is 14.2 Å². The van der Waals surface area contributed by atoms with E-state index in [1.54, 1.807) is 0 Å².